The maximum absolute atomic E-state index is 11.9. The zero-order valence-corrected chi connectivity index (χ0v) is 5.40. The average Bonchev–Trinajstić information content (AvgIpc) is 2.08. The van der Waals surface area contributed by atoms with E-state index >= 15 is 0 Å². The average molecular weight is 155 g/mol. The lowest BCUT2D eigenvalue weighted by Crippen LogP contribution is -2.22. The third-order valence-corrected chi connectivity index (χ3v) is 1.74. The molecule has 0 radical (unpaired) electrons. The molecule has 1 aliphatic rings. The molecular formula is C3H6FNO3S. The monoisotopic (exact) mass is 155 g/mol. The van der Waals surface area contributed by atoms with Crippen molar-refractivity contribution in [3.8, 4) is 0 Å². The van der Waals surface area contributed by atoms with Crippen LogP contribution in [0.25, 0.3) is 0 Å². The van der Waals surface area contributed by atoms with Gasteiger partial charge in [0, 0.05) is 6.54 Å². The molecule has 0 bridgehead atoms. The molecule has 1 rings (SSSR count). The predicted octanol–water partition coefficient (Wildman–Crippen LogP) is -0.162. The van der Waals surface area contributed by atoms with Crippen molar-refractivity contribution >= 4 is 10.4 Å². The van der Waals surface area contributed by atoms with Gasteiger partial charge in [-0.3, -0.25) is 4.84 Å². The summed E-state index contributed by atoms with van der Waals surface area (Å²) in [5, 5.41) is 0. The van der Waals surface area contributed by atoms with Crippen LogP contribution in [0.1, 0.15) is 6.42 Å². The molecule has 0 aromatic carbocycles. The summed E-state index contributed by atoms with van der Waals surface area (Å²) in [5.41, 5.74) is 0. The molecule has 1 saturated heterocycles. The van der Waals surface area contributed by atoms with Crippen LogP contribution in [0, 0.1) is 0 Å². The van der Waals surface area contributed by atoms with Gasteiger partial charge in [0.2, 0.25) is 0 Å². The highest BCUT2D eigenvalue weighted by Gasteiger charge is 2.25. The molecule has 0 aromatic heterocycles. The molecule has 1 fully saturated rings. The van der Waals surface area contributed by atoms with Crippen LogP contribution in [-0.4, -0.2) is 26.0 Å². The molecule has 4 nitrogen and oxygen atoms in total. The van der Waals surface area contributed by atoms with Crippen molar-refractivity contribution in [3.05, 3.63) is 0 Å². The smallest absolute Gasteiger partial charge is 0.282 e. The van der Waals surface area contributed by atoms with Gasteiger partial charge in [0.05, 0.1) is 6.61 Å². The Kier molecular flexibility index (Phi) is 1.69. The molecule has 0 aliphatic carbocycles. The summed E-state index contributed by atoms with van der Waals surface area (Å²) in [6, 6.07) is 0. The lowest BCUT2D eigenvalue weighted by molar-refractivity contribution is -0.0328. The summed E-state index contributed by atoms with van der Waals surface area (Å²) in [5.74, 6) is 0. The van der Waals surface area contributed by atoms with Crippen molar-refractivity contribution in [3.63, 3.8) is 0 Å². The van der Waals surface area contributed by atoms with E-state index in [0.29, 0.717) is 10.9 Å². The summed E-state index contributed by atoms with van der Waals surface area (Å²) < 4.78 is 32.2. The van der Waals surface area contributed by atoms with E-state index in [1.54, 1.807) is 0 Å². The van der Waals surface area contributed by atoms with Gasteiger partial charge < -0.3 is 0 Å². The van der Waals surface area contributed by atoms with Crippen LogP contribution in [0.2, 0.25) is 0 Å². The quantitative estimate of drug-likeness (QED) is 0.494. The van der Waals surface area contributed by atoms with E-state index in [-0.39, 0.29) is 13.2 Å². The molecule has 0 aromatic rings. The fourth-order valence-electron chi connectivity index (χ4n) is 0.597. The summed E-state index contributed by atoms with van der Waals surface area (Å²) in [7, 11) is -4.59. The Bertz CT molecular complexity index is 183. The standard InChI is InChI=1S/C3H6FNO3S/c4-9(6,7)5-2-1-3-8-5/h1-3H2. The SMILES string of the molecule is O=S(=O)(F)N1CCCO1. The van der Waals surface area contributed by atoms with Gasteiger partial charge in [0.15, 0.2) is 0 Å². The second kappa shape index (κ2) is 2.20. The topological polar surface area (TPSA) is 46.6 Å². The minimum atomic E-state index is -4.59. The van der Waals surface area contributed by atoms with Crippen molar-refractivity contribution in [1.29, 1.82) is 0 Å². The molecule has 0 spiro atoms. The van der Waals surface area contributed by atoms with Crippen LogP contribution in [0.3, 0.4) is 0 Å². The number of rotatable bonds is 1. The van der Waals surface area contributed by atoms with Crippen molar-refractivity contribution in [2.75, 3.05) is 13.2 Å². The Morgan fingerprint density at radius 2 is 2.22 bits per heavy atom. The molecule has 0 N–H and O–H groups in total. The van der Waals surface area contributed by atoms with Gasteiger partial charge in [0.25, 0.3) is 0 Å². The lowest BCUT2D eigenvalue weighted by Gasteiger charge is -2.04. The van der Waals surface area contributed by atoms with Gasteiger partial charge in [0.1, 0.15) is 0 Å². The van der Waals surface area contributed by atoms with E-state index in [4.69, 9.17) is 0 Å². The first kappa shape index (κ1) is 6.91. The normalized spacial score (nSPS) is 22.8. The first-order valence-electron chi connectivity index (χ1n) is 2.46. The minimum absolute atomic E-state index is 0.124. The van der Waals surface area contributed by atoms with Gasteiger partial charge >= 0.3 is 10.4 Å². The number of halogens is 1. The fourth-order valence-corrected chi connectivity index (χ4v) is 1.14. The Morgan fingerprint density at radius 3 is 2.44 bits per heavy atom. The molecule has 1 aliphatic heterocycles. The van der Waals surface area contributed by atoms with Crippen molar-refractivity contribution in [2.24, 2.45) is 0 Å². The largest absolute Gasteiger partial charge is 0.397 e. The number of hydrogen-bond acceptors (Lipinski definition) is 3. The molecule has 0 atom stereocenters. The van der Waals surface area contributed by atoms with Crippen molar-refractivity contribution < 1.29 is 17.1 Å². The third-order valence-electron chi connectivity index (χ3n) is 0.964. The number of hydroxylamine groups is 1. The van der Waals surface area contributed by atoms with Crippen LogP contribution in [0.15, 0.2) is 0 Å². The molecule has 0 unspecified atom stereocenters. The van der Waals surface area contributed by atoms with Crippen LogP contribution in [-0.2, 0) is 15.2 Å². The van der Waals surface area contributed by atoms with Crippen LogP contribution >= 0.6 is 0 Å². The first-order valence-corrected chi connectivity index (χ1v) is 3.80. The van der Waals surface area contributed by atoms with Crippen LogP contribution in [0.5, 0.6) is 0 Å². The van der Waals surface area contributed by atoms with Gasteiger partial charge in [-0.2, -0.15) is 8.42 Å². The van der Waals surface area contributed by atoms with E-state index < -0.39 is 10.4 Å². The molecule has 54 valence electrons. The Labute approximate surface area is 52.5 Å². The van der Waals surface area contributed by atoms with E-state index in [0.717, 1.165) is 0 Å². The van der Waals surface area contributed by atoms with Crippen LogP contribution < -0.4 is 0 Å². The van der Waals surface area contributed by atoms with E-state index in [1.807, 2.05) is 0 Å². The fraction of sp³-hybridized carbons (Fsp3) is 1.00. The predicted molar refractivity (Wildman–Crippen MR) is 27.3 cm³/mol. The summed E-state index contributed by atoms with van der Waals surface area (Å²) in [6.07, 6.45) is 0.559. The van der Waals surface area contributed by atoms with Gasteiger partial charge in [-0.15, -0.1) is 0 Å². The zero-order chi connectivity index (χ0) is 6.91. The molecule has 0 amide bonds. The Morgan fingerprint density at radius 1 is 1.56 bits per heavy atom. The van der Waals surface area contributed by atoms with Gasteiger partial charge in [-0.25, -0.2) is 0 Å². The highest BCUT2D eigenvalue weighted by molar-refractivity contribution is 7.83. The maximum Gasteiger partial charge on any atom is 0.397 e. The molecule has 6 heteroatoms. The summed E-state index contributed by atoms with van der Waals surface area (Å²) >= 11 is 0. The van der Waals surface area contributed by atoms with Gasteiger partial charge in [-0.05, 0) is 6.42 Å². The molecule has 0 saturated carbocycles. The van der Waals surface area contributed by atoms with Crippen molar-refractivity contribution in [1.82, 2.24) is 4.47 Å². The Hall–Kier alpha value is -0.200. The third kappa shape index (κ3) is 1.60. The zero-order valence-electron chi connectivity index (χ0n) is 4.58. The van der Waals surface area contributed by atoms with Gasteiger partial charge in [-0.1, -0.05) is 8.35 Å². The lowest BCUT2D eigenvalue weighted by atomic mass is 10.5. The number of hydrogen-bond donors (Lipinski definition) is 0. The summed E-state index contributed by atoms with van der Waals surface area (Å²) in [4.78, 5) is 4.39. The van der Waals surface area contributed by atoms with E-state index in [2.05, 4.69) is 4.84 Å². The summed E-state index contributed by atoms with van der Waals surface area (Å²) in [6.45, 7) is 0.405. The Balaban J connectivity index is 2.63. The van der Waals surface area contributed by atoms with E-state index in [9.17, 15) is 12.3 Å². The molecule has 1 heterocycles. The highest BCUT2D eigenvalue weighted by atomic mass is 32.3. The van der Waals surface area contributed by atoms with E-state index in [1.165, 1.54) is 0 Å². The highest BCUT2D eigenvalue weighted by Crippen LogP contribution is 2.10. The van der Waals surface area contributed by atoms with Crippen molar-refractivity contribution in [2.45, 2.75) is 6.42 Å². The molecular weight excluding hydrogens is 149 g/mol. The first-order chi connectivity index (χ1) is 4.11. The molecule has 9 heavy (non-hydrogen) atoms. The number of nitrogens with zero attached hydrogens (tertiary/aromatic N) is 1. The maximum atomic E-state index is 11.9. The minimum Gasteiger partial charge on any atom is -0.282 e. The van der Waals surface area contributed by atoms with Crippen LogP contribution in [0.4, 0.5) is 3.89 Å². The second-order valence-electron chi connectivity index (χ2n) is 1.66. The second-order valence-corrected chi connectivity index (χ2v) is 2.89.